The molecule has 2 aliphatic carbocycles. The number of nitrogens with zero attached hydrogens (tertiary/aromatic N) is 3. The maximum atomic E-state index is 9.82. The van der Waals surface area contributed by atoms with Crippen molar-refractivity contribution in [2.75, 3.05) is 17.7 Å². The number of hydrogen-bond donors (Lipinski definition) is 3. The SMILES string of the molecule is COc1cc(Nc2ncc(C3CCCCC3)c(NC3CCC(O)CC3)n2)ccn1. The zero-order valence-corrected chi connectivity index (χ0v) is 17.1. The molecule has 0 unspecified atom stereocenters. The van der Waals surface area contributed by atoms with Crippen molar-refractivity contribution >= 4 is 17.5 Å². The first kappa shape index (κ1) is 19.9. The van der Waals surface area contributed by atoms with E-state index in [1.807, 2.05) is 18.3 Å². The van der Waals surface area contributed by atoms with Crippen molar-refractivity contribution in [2.24, 2.45) is 0 Å². The molecule has 0 radical (unpaired) electrons. The van der Waals surface area contributed by atoms with Gasteiger partial charge in [0.05, 0.1) is 13.2 Å². The minimum atomic E-state index is -0.157. The molecule has 0 amide bonds. The van der Waals surface area contributed by atoms with Gasteiger partial charge in [-0.25, -0.2) is 9.97 Å². The number of hydrogen-bond acceptors (Lipinski definition) is 7. The van der Waals surface area contributed by atoms with E-state index in [1.165, 1.54) is 37.7 Å². The van der Waals surface area contributed by atoms with Crippen molar-refractivity contribution in [3.8, 4) is 5.88 Å². The standard InChI is InChI=1S/C22H31N5O2/c1-29-20-13-17(11-12-23-20)26-22-24-14-19(15-5-3-2-4-6-15)21(27-22)25-16-7-9-18(28)10-8-16/h11-16,18,28H,2-10H2,1H3,(H2,23,24,25,26,27). The van der Waals surface area contributed by atoms with Gasteiger partial charge < -0.3 is 20.5 Å². The summed E-state index contributed by atoms with van der Waals surface area (Å²) >= 11 is 0. The number of rotatable bonds is 6. The van der Waals surface area contributed by atoms with Crippen molar-refractivity contribution in [1.29, 1.82) is 0 Å². The molecule has 0 aromatic carbocycles. The van der Waals surface area contributed by atoms with Crippen LogP contribution < -0.4 is 15.4 Å². The number of methoxy groups -OCH3 is 1. The zero-order valence-electron chi connectivity index (χ0n) is 17.1. The summed E-state index contributed by atoms with van der Waals surface area (Å²) in [5.74, 6) is 2.58. The first-order chi connectivity index (χ1) is 14.2. The number of anilines is 3. The Labute approximate surface area is 172 Å². The lowest BCUT2D eigenvalue weighted by Gasteiger charge is -2.29. The lowest BCUT2D eigenvalue weighted by molar-refractivity contribution is 0.126. The van der Waals surface area contributed by atoms with Gasteiger partial charge in [-0.2, -0.15) is 4.98 Å². The van der Waals surface area contributed by atoms with E-state index in [9.17, 15) is 5.11 Å². The average molecular weight is 398 g/mol. The van der Waals surface area contributed by atoms with E-state index in [-0.39, 0.29) is 6.10 Å². The summed E-state index contributed by atoms with van der Waals surface area (Å²) in [5, 5.41) is 16.8. The molecule has 0 atom stereocenters. The molecule has 0 bridgehead atoms. The Bertz CT molecular complexity index is 802. The van der Waals surface area contributed by atoms with Gasteiger partial charge in [0.25, 0.3) is 0 Å². The monoisotopic (exact) mass is 397 g/mol. The molecule has 0 saturated heterocycles. The van der Waals surface area contributed by atoms with Crippen LogP contribution in [-0.2, 0) is 0 Å². The molecule has 2 heterocycles. The van der Waals surface area contributed by atoms with Gasteiger partial charge in [0.2, 0.25) is 11.8 Å². The Morgan fingerprint density at radius 1 is 1.03 bits per heavy atom. The van der Waals surface area contributed by atoms with E-state index >= 15 is 0 Å². The van der Waals surface area contributed by atoms with Crippen LogP contribution in [0.25, 0.3) is 0 Å². The quantitative estimate of drug-likeness (QED) is 0.666. The highest BCUT2D eigenvalue weighted by Crippen LogP contribution is 2.37. The highest BCUT2D eigenvalue weighted by atomic mass is 16.5. The summed E-state index contributed by atoms with van der Waals surface area (Å²) in [4.78, 5) is 13.6. The van der Waals surface area contributed by atoms with E-state index in [4.69, 9.17) is 9.72 Å². The minimum absolute atomic E-state index is 0.157. The van der Waals surface area contributed by atoms with Gasteiger partial charge in [-0.05, 0) is 50.5 Å². The van der Waals surface area contributed by atoms with Crippen LogP contribution in [0.3, 0.4) is 0 Å². The summed E-state index contributed by atoms with van der Waals surface area (Å²) in [6.45, 7) is 0. The summed E-state index contributed by atoms with van der Waals surface area (Å²) in [6, 6.07) is 4.05. The topological polar surface area (TPSA) is 92.2 Å². The van der Waals surface area contributed by atoms with Gasteiger partial charge in [-0.1, -0.05) is 19.3 Å². The van der Waals surface area contributed by atoms with Crippen LogP contribution in [0.15, 0.2) is 24.5 Å². The molecular formula is C22H31N5O2. The van der Waals surface area contributed by atoms with Crippen LogP contribution in [0.4, 0.5) is 17.5 Å². The second-order valence-electron chi connectivity index (χ2n) is 8.19. The maximum absolute atomic E-state index is 9.82. The zero-order chi connectivity index (χ0) is 20.1. The summed E-state index contributed by atoms with van der Waals surface area (Å²) in [6.07, 6.45) is 13.5. The van der Waals surface area contributed by atoms with Crippen molar-refractivity contribution in [3.63, 3.8) is 0 Å². The third kappa shape index (κ3) is 5.15. The Morgan fingerprint density at radius 3 is 2.59 bits per heavy atom. The number of aliphatic hydroxyl groups excluding tert-OH is 1. The first-order valence-corrected chi connectivity index (χ1v) is 10.8. The molecule has 2 aromatic heterocycles. The van der Waals surface area contributed by atoms with E-state index in [1.54, 1.807) is 13.3 Å². The average Bonchev–Trinajstić information content (AvgIpc) is 2.76. The van der Waals surface area contributed by atoms with E-state index in [0.29, 0.717) is 23.8 Å². The molecule has 2 saturated carbocycles. The molecule has 2 aliphatic rings. The van der Waals surface area contributed by atoms with Gasteiger partial charge in [0, 0.05) is 35.8 Å². The van der Waals surface area contributed by atoms with Gasteiger partial charge in [0.1, 0.15) is 5.82 Å². The molecule has 0 aliphatic heterocycles. The van der Waals surface area contributed by atoms with Crippen LogP contribution in [0.2, 0.25) is 0 Å². The Hall–Kier alpha value is -2.41. The fraction of sp³-hybridized carbons (Fsp3) is 0.591. The smallest absolute Gasteiger partial charge is 0.229 e. The highest BCUT2D eigenvalue weighted by molar-refractivity contribution is 5.57. The van der Waals surface area contributed by atoms with Gasteiger partial charge in [0.15, 0.2) is 0 Å². The van der Waals surface area contributed by atoms with Gasteiger partial charge in [-0.3, -0.25) is 0 Å². The summed E-state index contributed by atoms with van der Waals surface area (Å²) in [7, 11) is 1.60. The maximum Gasteiger partial charge on any atom is 0.229 e. The number of aliphatic hydroxyl groups is 1. The molecule has 4 rings (SSSR count). The van der Waals surface area contributed by atoms with Crippen molar-refractivity contribution < 1.29 is 9.84 Å². The van der Waals surface area contributed by atoms with Crippen LogP contribution in [-0.4, -0.2) is 39.3 Å². The van der Waals surface area contributed by atoms with Crippen LogP contribution in [0.5, 0.6) is 5.88 Å². The fourth-order valence-corrected chi connectivity index (χ4v) is 4.42. The van der Waals surface area contributed by atoms with Crippen molar-refractivity contribution in [1.82, 2.24) is 15.0 Å². The first-order valence-electron chi connectivity index (χ1n) is 10.8. The second kappa shape index (κ2) is 9.39. The third-order valence-corrected chi connectivity index (χ3v) is 6.10. The molecule has 156 valence electrons. The number of ether oxygens (including phenoxy) is 1. The highest BCUT2D eigenvalue weighted by Gasteiger charge is 2.24. The molecule has 7 nitrogen and oxygen atoms in total. The fourth-order valence-electron chi connectivity index (χ4n) is 4.42. The number of nitrogens with one attached hydrogen (secondary N) is 2. The van der Waals surface area contributed by atoms with Crippen molar-refractivity contribution in [3.05, 3.63) is 30.1 Å². The lowest BCUT2D eigenvalue weighted by Crippen LogP contribution is -2.29. The Balaban J connectivity index is 1.56. The second-order valence-corrected chi connectivity index (χ2v) is 8.19. The molecule has 0 spiro atoms. The van der Waals surface area contributed by atoms with E-state index < -0.39 is 0 Å². The molecule has 2 aromatic rings. The minimum Gasteiger partial charge on any atom is -0.481 e. The van der Waals surface area contributed by atoms with E-state index in [2.05, 4.69) is 20.6 Å². The number of pyridine rings is 1. The van der Waals surface area contributed by atoms with Crippen LogP contribution in [0, 0.1) is 0 Å². The predicted molar refractivity (Wildman–Crippen MR) is 114 cm³/mol. The van der Waals surface area contributed by atoms with Gasteiger partial charge in [-0.15, -0.1) is 0 Å². The van der Waals surface area contributed by atoms with Gasteiger partial charge >= 0.3 is 0 Å². The molecule has 2 fully saturated rings. The summed E-state index contributed by atoms with van der Waals surface area (Å²) in [5.41, 5.74) is 2.07. The molecule has 29 heavy (non-hydrogen) atoms. The van der Waals surface area contributed by atoms with Crippen LogP contribution >= 0.6 is 0 Å². The summed E-state index contributed by atoms with van der Waals surface area (Å²) < 4.78 is 5.20. The molecule has 7 heteroatoms. The van der Waals surface area contributed by atoms with Crippen LogP contribution in [0.1, 0.15) is 69.3 Å². The van der Waals surface area contributed by atoms with Crippen molar-refractivity contribution in [2.45, 2.75) is 75.9 Å². The van der Waals surface area contributed by atoms with E-state index in [0.717, 1.165) is 37.2 Å². The molecular weight excluding hydrogens is 366 g/mol. The molecule has 3 N–H and O–H groups in total. The lowest BCUT2D eigenvalue weighted by atomic mass is 9.84. The Morgan fingerprint density at radius 2 is 1.83 bits per heavy atom. The number of aromatic nitrogens is 3. The third-order valence-electron chi connectivity index (χ3n) is 6.10. The largest absolute Gasteiger partial charge is 0.481 e. The Kier molecular flexibility index (Phi) is 6.44. The normalized spacial score (nSPS) is 22.8. The predicted octanol–water partition coefficient (Wildman–Crippen LogP) is 4.39.